The van der Waals surface area contributed by atoms with Gasteiger partial charge in [0, 0.05) is 29.3 Å². The average molecular weight is 404 g/mol. The maximum Gasteiger partial charge on any atom is 0.273 e. The van der Waals surface area contributed by atoms with Crippen LogP contribution in [0.3, 0.4) is 0 Å². The number of ether oxygens (including phenoxy) is 1. The molecule has 2 aromatic heterocycles. The number of nitrogens with one attached hydrogen (secondary N) is 1. The van der Waals surface area contributed by atoms with Crippen LogP contribution in [0.5, 0.6) is 5.75 Å². The minimum atomic E-state index is -0.519. The zero-order valence-corrected chi connectivity index (χ0v) is 17.3. The van der Waals surface area contributed by atoms with Crippen molar-refractivity contribution in [2.75, 3.05) is 6.61 Å². The predicted molar refractivity (Wildman–Crippen MR) is 116 cm³/mol. The molecule has 1 N–H and O–H groups in total. The summed E-state index contributed by atoms with van der Waals surface area (Å²) in [6, 6.07) is 16.3. The van der Waals surface area contributed by atoms with Crippen LogP contribution in [-0.4, -0.2) is 26.7 Å². The SMILES string of the molecule is CCOc1ccccc1CNC(=O)[C@@H](C)n1c2ccccc2c2nc(=O)cc(C)n21. The van der Waals surface area contributed by atoms with Crippen molar-refractivity contribution in [3.05, 3.63) is 76.2 Å². The Kier molecular flexibility index (Phi) is 5.27. The minimum absolute atomic E-state index is 0.137. The molecule has 0 aliphatic carbocycles. The van der Waals surface area contributed by atoms with Gasteiger partial charge >= 0.3 is 0 Å². The Morgan fingerprint density at radius 2 is 1.90 bits per heavy atom. The van der Waals surface area contributed by atoms with E-state index in [1.54, 1.807) is 0 Å². The van der Waals surface area contributed by atoms with Gasteiger partial charge in [0.15, 0.2) is 5.65 Å². The largest absolute Gasteiger partial charge is 0.494 e. The maximum absolute atomic E-state index is 13.1. The highest BCUT2D eigenvalue weighted by Gasteiger charge is 2.22. The number of aryl methyl sites for hydroxylation is 1. The summed E-state index contributed by atoms with van der Waals surface area (Å²) >= 11 is 0. The minimum Gasteiger partial charge on any atom is -0.494 e. The van der Waals surface area contributed by atoms with Gasteiger partial charge in [-0.3, -0.25) is 14.3 Å². The molecule has 0 fully saturated rings. The summed E-state index contributed by atoms with van der Waals surface area (Å²) in [6.45, 7) is 6.54. The van der Waals surface area contributed by atoms with Crippen molar-refractivity contribution in [3.63, 3.8) is 0 Å². The second kappa shape index (κ2) is 8.02. The molecule has 4 aromatic rings. The topological polar surface area (TPSA) is 77.6 Å². The summed E-state index contributed by atoms with van der Waals surface area (Å²) in [5, 5.41) is 3.84. The number of para-hydroxylation sites is 2. The van der Waals surface area contributed by atoms with Gasteiger partial charge in [0.2, 0.25) is 5.91 Å². The number of hydrogen-bond donors (Lipinski definition) is 1. The number of carbonyl (C=O) groups is 1. The molecule has 2 heterocycles. The van der Waals surface area contributed by atoms with Crippen LogP contribution in [0.4, 0.5) is 0 Å². The molecule has 0 unspecified atom stereocenters. The number of aromatic nitrogens is 3. The van der Waals surface area contributed by atoms with Crippen molar-refractivity contribution in [1.82, 2.24) is 19.5 Å². The van der Waals surface area contributed by atoms with Crippen molar-refractivity contribution < 1.29 is 9.53 Å². The molecular weight excluding hydrogens is 380 g/mol. The molecule has 2 aromatic carbocycles. The van der Waals surface area contributed by atoms with Gasteiger partial charge in [0.25, 0.3) is 5.56 Å². The van der Waals surface area contributed by atoms with E-state index in [9.17, 15) is 9.59 Å². The lowest BCUT2D eigenvalue weighted by Gasteiger charge is -2.18. The van der Waals surface area contributed by atoms with Crippen molar-refractivity contribution in [2.45, 2.75) is 33.4 Å². The number of benzene rings is 2. The number of rotatable bonds is 6. The molecule has 0 saturated heterocycles. The first-order valence-corrected chi connectivity index (χ1v) is 9.99. The molecule has 1 amide bonds. The molecule has 0 aliphatic rings. The van der Waals surface area contributed by atoms with E-state index < -0.39 is 6.04 Å². The fraction of sp³-hybridized carbons (Fsp3) is 0.261. The highest BCUT2D eigenvalue weighted by molar-refractivity contribution is 5.94. The van der Waals surface area contributed by atoms with Gasteiger partial charge in [-0.25, -0.2) is 4.52 Å². The molecule has 0 aliphatic heterocycles. The molecular formula is C23H24N4O3. The van der Waals surface area contributed by atoms with Gasteiger partial charge in [0.05, 0.1) is 12.1 Å². The monoisotopic (exact) mass is 404 g/mol. The fourth-order valence-corrected chi connectivity index (χ4v) is 3.78. The van der Waals surface area contributed by atoms with Gasteiger partial charge in [-0.15, -0.1) is 0 Å². The van der Waals surface area contributed by atoms with Crippen LogP contribution in [0.2, 0.25) is 0 Å². The Balaban J connectivity index is 1.70. The zero-order valence-electron chi connectivity index (χ0n) is 17.3. The molecule has 1 atom stereocenters. The number of carbonyl (C=O) groups excluding carboxylic acids is 1. The summed E-state index contributed by atoms with van der Waals surface area (Å²) < 4.78 is 9.37. The summed E-state index contributed by atoms with van der Waals surface area (Å²) in [7, 11) is 0. The van der Waals surface area contributed by atoms with Crippen LogP contribution >= 0.6 is 0 Å². The lowest BCUT2D eigenvalue weighted by Crippen LogP contribution is -2.32. The van der Waals surface area contributed by atoms with Crippen LogP contribution in [-0.2, 0) is 11.3 Å². The molecule has 0 saturated carbocycles. The highest BCUT2D eigenvalue weighted by Crippen LogP contribution is 2.25. The molecule has 7 heteroatoms. The van der Waals surface area contributed by atoms with E-state index in [2.05, 4.69) is 10.3 Å². The van der Waals surface area contributed by atoms with Crippen LogP contribution in [0.25, 0.3) is 16.6 Å². The number of nitrogens with zero attached hydrogens (tertiary/aromatic N) is 3. The number of amides is 1. The van der Waals surface area contributed by atoms with E-state index in [1.807, 2.05) is 78.5 Å². The summed E-state index contributed by atoms with van der Waals surface area (Å²) in [5.74, 6) is 0.629. The fourth-order valence-electron chi connectivity index (χ4n) is 3.78. The van der Waals surface area contributed by atoms with E-state index in [1.165, 1.54) is 6.07 Å². The Morgan fingerprint density at radius 1 is 1.17 bits per heavy atom. The zero-order chi connectivity index (χ0) is 21.3. The maximum atomic E-state index is 13.1. The molecule has 0 radical (unpaired) electrons. The standard InChI is InChI=1S/C23H24N4O3/c1-4-30-20-12-8-5-9-17(20)14-24-23(29)16(3)27-19-11-7-6-10-18(19)22-25-21(28)13-15(2)26(22)27/h5-13,16H,4,14H2,1-3H3,(H,24,29)/t16-/m1/s1. The van der Waals surface area contributed by atoms with E-state index >= 15 is 0 Å². The highest BCUT2D eigenvalue weighted by atomic mass is 16.5. The van der Waals surface area contributed by atoms with Gasteiger partial charge < -0.3 is 10.1 Å². The lowest BCUT2D eigenvalue weighted by molar-refractivity contribution is -0.124. The molecule has 0 spiro atoms. The normalized spacial score (nSPS) is 12.2. The first-order chi connectivity index (χ1) is 14.5. The second-order valence-corrected chi connectivity index (χ2v) is 7.17. The predicted octanol–water partition coefficient (Wildman–Crippen LogP) is 3.23. The molecule has 7 nitrogen and oxygen atoms in total. The smallest absolute Gasteiger partial charge is 0.273 e. The first-order valence-electron chi connectivity index (χ1n) is 9.99. The third-order valence-corrected chi connectivity index (χ3v) is 5.16. The molecule has 4 rings (SSSR count). The Morgan fingerprint density at radius 3 is 2.70 bits per heavy atom. The third-order valence-electron chi connectivity index (χ3n) is 5.16. The van der Waals surface area contributed by atoms with Gasteiger partial charge in [-0.05, 0) is 39.0 Å². The van der Waals surface area contributed by atoms with E-state index in [0.29, 0.717) is 18.8 Å². The number of fused-ring (bicyclic) bond motifs is 3. The third kappa shape index (κ3) is 3.43. The van der Waals surface area contributed by atoms with Gasteiger partial charge in [0.1, 0.15) is 11.8 Å². The molecule has 0 bridgehead atoms. The summed E-state index contributed by atoms with van der Waals surface area (Å²) in [5.41, 5.74) is 2.75. The lowest BCUT2D eigenvalue weighted by atomic mass is 10.2. The van der Waals surface area contributed by atoms with Gasteiger partial charge in [-0.2, -0.15) is 4.98 Å². The Labute approximate surface area is 173 Å². The van der Waals surface area contributed by atoms with Gasteiger partial charge in [-0.1, -0.05) is 30.3 Å². The quantitative estimate of drug-likeness (QED) is 0.535. The summed E-state index contributed by atoms with van der Waals surface area (Å²) in [6.07, 6.45) is 0. The Hall–Kier alpha value is -3.61. The van der Waals surface area contributed by atoms with Crippen molar-refractivity contribution in [3.8, 4) is 5.75 Å². The van der Waals surface area contributed by atoms with Crippen LogP contribution in [0, 0.1) is 6.92 Å². The Bertz CT molecular complexity index is 1290. The molecule has 154 valence electrons. The van der Waals surface area contributed by atoms with Crippen molar-refractivity contribution in [1.29, 1.82) is 0 Å². The van der Waals surface area contributed by atoms with Crippen LogP contribution < -0.4 is 15.6 Å². The van der Waals surface area contributed by atoms with Crippen molar-refractivity contribution >= 4 is 22.5 Å². The average Bonchev–Trinajstić information content (AvgIpc) is 3.07. The van der Waals surface area contributed by atoms with E-state index in [4.69, 9.17) is 4.74 Å². The second-order valence-electron chi connectivity index (χ2n) is 7.17. The number of hydrogen-bond acceptors (Lipinski definition) is 4. The van der Waals surface area contributed by atoms with E-state index in [-0.39, 0.29) is 11.5 Å². The summed E-state index contributed by atoms with van der Waals surface area (Å²) in [4.78, 5) is 29.3. The first kappa shape index (κ1) is 19.7. The molecule has 30 heavy (non-hydrogen) atoms. The van der Waals surface area contributed by atoms with Crippen LogP contribution in [0.1, 0.15) is 31.1 Å². The van der Waals surface area contributed by atoms with Crippen molar-refractivity contribution in [2.24, 2.45) is 0 Å². The van der Waals surface area contributed by atoms with E-state index in [0.717, 1.165) is 27.9 Å². The van der Waals surface area contributed by atoms with Crippen LogP contribution in [0.15, 0.2) is 59.4 Å².